The fourth-order valence-corrected chi connectivity index (χ4v) is 2.13. The molecule has 19 heavy (non-hydrogen) atoms. The topological polar surface area (TPSA) is 30.0 Å². The smallest absolute Gasteiger partial charge is 0.211 e. The van der Waals surface area contributed by atoms with E-state index in [1.807, 2.05) is 37.3 Å². The molecule has 0 aliphatic heterocycles. The predicted octanol–water partition coefficient (Wildman–Crippen LogP) is 3.82. The molecular formula is C17H19NO. The Bertz CT molecular complexity index is 587. The van der Waals surface area contributed by atoms with Crippen molar-refractivity contribution >= 4 is 5.78 Å². The summed E-state index contributed by atoms with van der Waals surface area (Å²) in [4.78, 5) is 16.7. The number of nitrogens with zero attached hydrogens (tertiary/aromatic N) is 1. The minimum Gasteiger partial charge on any atom is -0.287 e. The first-order chi connectivity index (χ1) is 9.06. The SMILES string of the molecule is Cc1cccc(C(=O)c2cccc(CC(C)C)c2)n1. The Labute approximate surface area is 114 Å². The van der Waals surface area contributed by atoms with Gasteiger partial charge in [-0.25, -0.2) is 4.98 Å². The lowest BCUT2D eigenvalue weighted by Crippen LogP contribution is -2.05. The number of hydrogen-bond donors (Lipinski definition) is 0. The van der Waals surface area contributed by atoms with Gasteiger partial charge in [0.25, 0.3) is 0 Å². The molecule has 0 amide bonds. The number of benzene rings is 1. The zero-order valence-electron chi connectivity index (χ0n) is 11.7. The average Bonchev–Trinajstić information content (AvgIpc) is 2.37. The molecule has 2 heteroatoms. The third-order valence-corrected chi connectivity index (χ3v) is 2.95. The molecule has 0 bridgehead atoms. The van der Waals surface area contributed by atoms with Crippen molar-refractivity contribution in [2.24, 2.45) is 5.92 Å². The maximum atomic E-state index is 12.4. The summed E-state index contributed by atoms with van der Waals surface area (Å²) < 4.78 is 0. The summed E-state index contributed by atoms with van der Waals surface area (Å²) in [5.74, 6) is 0.580. The van der Waals surface area contributed by atoms with E-state index in [-0.39, 0.29) is 5.78 Å². The minimum absolute atomic E-state index is 0.00527. The second kappa shape index (κ2) is 5.79. The first kappa shape index (κ1) is 13.5. The van der Waals surface area contributed by atoms with Gasteiger partial charge in [0.2, 0.25) is 5.78 Å². The Balaban J connectivity index is 2.29. The largest absolute Gasteiger partial charge is 0.287 e. The molecule has 1 aromatic carbocycles. The highest BCUT2D eigenvalue weighted by Gasteiger charge is 2.11. The van der Waals surface area contributed by atoms with Crippen molar-refractivity contribution in [3.8, 4) is 0 Å². The van der Waals surface area contributed by atoms with Crippen LogP contribution in [-0.2, 0) is 6.42 Å². The van der Waals surface area contributed by atoms with Gasteiger partial charge in [-0.05, 0) is 43.0 Å². The molecule has 2 rings (SSSR count). The van der Waals surface area contributed by atoms with E-state index < -0.39 is 0 Å². The van der Waals surface area contributed by atoms with Crippen LogP contribution in [0.1, 0.15) is 41.2 Å². The van der Waals surface area contributed by atoms with Gasteiger partial charge in [0, 0.05) is 11.3 Å². The molecule has 0 radical (unpaired) electrons. The minimum atomic E-state index is -0.00527. The number of hydrogen-bond acceptors (Lipinski definition) is 2. The van der Waals surface area contributed by atoms with E-state index in [9.17, 15) is 4.79 Å². The molecule has 0 atom stereocenters. The van der Waals surface area contributed by atoms with Crippen LogP contribution in [0, 0.1) is 12.8 Å². The summed E-state index contributed by atoms with van der Waals surface area (Å²) in [6.07, 6.45) is 0.988. The lowest BCUT2D eigenvalue weighted by molar-refractivity contribution is 0.103. The van der Waals surface area contributed by atoms with Crippen LogP contribution in [0.5, 0.6) is 0 Å². The summed E-state index contributed by atoms with van der Waals surface area (Å²) in [5, 5.41) is 0. The van der Waals surface area contributed by atoms with Gasteiger partial charge in [0.15, 0.2) is 0 Å². The number of aromatic nitrogens is 1. The van der Waals surface area contributed by atoms with Crippen LogP contribution in [-0.4, -0.2) is 10.8 Å². The zero-order valence-corrected chi connectivity index (χ0v) is 11.7. The summed E-state index contributed by atoms with van der Waals surface area (Å²) in [7, 11) is 0. The second-order valence-electron chi connectivity index (χ2n) is 5.29. The van der Waals surface area contributed by atoms with Gasteiger partial charge in [-0.2, -0.15) is 0 Å². The summed E-state index contributed by atoms with van der Waals surface area (Å²) in [6, 6.07) is 13.4. The van der Waals surface area contributed by atoms with Crippen LogP contribution in [0.25, 0.3) is 0 Å². The number of aryl methyl sites for hydroxylation is 1. The van der Waals surface area contributed by atoms with E-state index in [1.54, 1.807) is 6.07 Å². The third-order valence-electron chi connectivity index (χ3n) is 2.95. The zero-order chi connectivity index (χ0) is 13.8. The standard InChI is InChI=1S/C17H19NO/c1-12(2)10-14-7-5-8-15(11-14)17(19)16-9-4-6-13(3)18-16/h4-9,11-12H,10H2,1-3H3. The van der Waals surface area contributed by atoms with E-state index in [0.29, 0.717) is 11.6 Å². The number of carbonyl (C=O) groups is 1. The molecule has 0 saturated carbocycles. The highest BCUT2D eigenvalue weighted by molar-refractivity contribution is 6.07. The van der Waals surface area contributed by atoms with E-state index in [1.165, 1.54) is 5.56 Å². The first-order valence-electron chi connectivity index (χ1n) is 6.63. The molecule has 0 fully saturated rings. The quantitative estimate of drug-likeness (QED) is 0.775. The van der Waals surface area contributed by atoms with Gasteiger partial charge in [-0.1, -0.05) is 38.1 Å². The highest BCUT2D eigenvalue weighted by atomic mass is 16.1. The molecule has 0 N–H and O–H groups in total. The molecule has 0 aliphatic carbocycles. The van der Waals surface area contributed by atoms with E-state index >= 15 is 0 Å². The molecule has 0 saturated heterocycles. The summed E-state index contributed by atoms with van der Waals surface area (Å²) in [5.41, 5.74) is 3.30. The van der Waals surface area contributed by atoms with Gasteiger partial charge >= 0.3 is 0 Å². The Hall–Kier alpha value is -1.96. The fraction of sp³-hybridized carbons (Fsp3) is 0.294. The number of pyridine rings is 1. The predicted molar refractivity (Wildman–Crippen MR) is 77.4 cm³/mol. The Morgan fingerprint density at radius 2 is 1.89 bits per heavy atom. The molecule has 0 spiro atoms. The molecule has 2 aromatic rings. The van der Waals surface area contributed by atoms with E-state index in [2.05, 4.69) is 24.9 Å². The van der Waals surface area contributed by atoms with Gasteiger partial charge in [0.05, 0.1) is 0 Å². The number of rotatable bonds is 4. The average molecular weight is 253 g/mol. The van der Waals surface area contributed by atoms with Gasteiger partial charge < -0.3 is 0 Å². The molecule has 98 valence electrons. The molecule has 0 unspecified atom stereocenters. The van der Waals surface area contributed by atoms with E-state index in [4.69, 9.17) is 0 Å². The van der Waals surface area contributed by atoms with Crippen LogP contribution >= 0.6 is 0 Å². The molecule has 0 aliphatic rings. The maximum Gasteiger partial charge on any atom is 0.211 e. The lowest BCUT2D eigenvalue weighted by atomic mass is 9.99. The summed E-state index contributed by atoms with van der Waals surface area (Å²) >= 11 is 0. The van der Waals surface area contributed by atoms with Crippen molar-refractivity contribution in [1.82, 2.24) is 4.98 Å². The monoisotopic (exact) mass is 253 g/mol. The van der Waals surface area contributed by atoms with Gasteiger partial charge in [-0.3, -0.25) is 4.79 Å². The van der Waals surface area contributed by atoms with Crippen molar-refractivity contribution in [3.05, 3.63) is 65.0 Å². The van der Waals surface area contributed by atoms with Crippen LogP contribution in [0.3, 0.4) is 0 Å². The van der Waals surface area contributed by atoms with Crippen molar-refractivity contribution in [2.75, 3.05) is 0 Å². The van der Waals surface area contributed by atoms with Gasteiger partial charge in [-0.15, -0.1) is 0 Å². The van der Waals surface area contributed by atoms with Crippen LogP contribution in [0.15, 0.2) is 42.5 Å². The highest BCUT2D eigenvalue weighted by Crippen LogP contribution is 2.13. The van der Waals surface area contributed by atoms with Crippen LogP contribution in [0.4, 0.5) is 0 Å². The second-order valence-corrected chi connectivity index (χ2v) is 5.29. The Morgan fingerprint density at radius 1 is 1.16 bits per heavy atom. The normalized spacial score (nSPS) is 10.7. The molecular weight excluding hydrogens is 234 g/mol. The van der Waals surface area contributed by atoms with Crippen molar-refractivity contribution in [2.45, 2.75) is 27.2 Å². The fourth-order valence-electron chi connectivity index (χ4n) is 2.13. The Morgan fingerprint density at radius 3 is 2.58 bits per heavy atom. The number of ketones is 1. The van der Waals surface area contributed by atoms with E-state index in [0.717, 1.165) is 17.7 Å². The van der Waals surface area contributed by atoms with Gasteiger partial charge in [0.1, 0.15) is 5.69 Å². The van der Waals surface area contributed by atoms with Crippen molar-refractivity contribution in [3.63, 3.8) is 0 Å². The number of carbonyl (C=O) groups excluding carboxylic acids is 1. The molecule has 1 aromatic heterocycles. The third kappa shape index (κ3) is 3.50. The summed E-state index contributed by atoms with van der Waals surface area (Å²) in [6.45, 7) is 6.25. The van der Waals surface area contributed by atoms with Crippen molar-refractivity contribution < 1.29 is 4.79 Å². The molecule has 2 nitrogen and oxygen atoms in total. The lowest BCUT2D eigenvalue weighted by Gasteiger charge is -2.07. The van der Waals surface area contributed by atoms with Crippen LogP contribution in [0.2, 0.25) is 0 Å². The molecule has 1 heterocycles. The first-order valence-corrected chi connectivity index (χ1v) is 6.63. The van der Waals surface area contributed by atoms with Crippen LogP contribution < -0.4 is 0 Å². The van der Waals surface area contributed by atoms with Crippen molar-refractivity contribution in [1.29, 1.82) is 0 Å². The Kier molecular flexibility index (Phi) is 4.10. The maximum absolute atomic E-state index is 12.4.